The Morgan fingerprint density at radius 3 is 2.25 bits per heavy atom. The minimum atomic E-state index is 0.283. The third-order valence-corrected chi connectivity index (χ3v) is 3.87. The first-order valence-electron chi connectivity index (χ1n) is 6.66. The zero-order valence-corrected chi connectivity index (χ0v) is 12.3. The summed E-state index contributed by atoms with van der Waals surface area (Å²) >= 11 is 0. The monoisotopic (exact) mass is 226 g/mol. The van der Waals surface area contributed by atoms with Crippen LogP contribution in [0.3, 0.4) is 0 Å². The summed E-state index contributed by atoms with van der Waals surface area (Å²) in [6.45, 7) is 16.5. The third kappa shape index (κ3) is 2.98. The average molecular weight is 226 g/mol. The van der Waals surface area contributed by atoms with Gasteiger partial charge in [-0.15, -0.1) is 0 Å². The largest absolute Gasteiger partial charge is 0.302 e. The maximum absolute atomic E-state index is 2.66. The van der Waals surface area contributed by atoms with Gasteiger partial charge in [0.2, 0.25) is 0 Å². The highest BCUT2D eigenvalue weighted by molar-refractivity contribution is 5.01. The minimum Gasteiger partial charge on any atom is -0.302 e. The van der Waals surface area contributed by atoms with Gasteiger partial charge in [0.05, 0.1) is 0 Å². The van der Waals surface area contributed by atoms with Crippen molar-refractivity contribution in [2.24, 2.45) is 0 Å². The molecule has 0 amide bonds. The molecule has 16 heavy (non-hydrogen) atoms. The van der Waals surface area contributed by atoms with Crippen LogP contribution in [-0.2, 0) is 0 Å². The Morgan fingerprint density at radius 1 is 1.31 bits per heavy atom. The highest BCUT2D eigenvalue weighted by atomic mass is 15.3. The van der Waals surface area contributed by atoms with Crippen molar-refractivity contribution >= 4 is 0 Å². The number of likely N-dealkylation sites (N-methyl/N-ethyl adjacent to an activating group) is 1. The van der Waals surface area contributed by atoms with Crippen LogP contribution in [0.4, 0.5) is 0 Å². The average Bonchev–Trinajstić information content (AvgIpc) is 2.41. The van der Waals surface area contributed by atoms with Gasteiger partial charge in [0.1, 0.15) is 0 Å². The highest BCUT2D eigenvalue weighted by Gasteiger charge is 2.44. The van der Waals surface area contributed by atoms with Gasteiger partial charge in [-0.05, 0) is 61.1 Å². The number of hydrogen-bond acceptors (Lipinski definition) is 2. The van der Waals surface area contributed by atoms with Gasteiger partial charge in [0, 0.05) is 23.7 Å². The molecular weight excluding hydrogens is 196 g/mol. The molecule has 0 aromatic carbocycles. The molecule has 0 unspecified atom stereocenters. The van der Waals surface area contributed by atoms with Crippen LogP contribution in [0.5, 0.6) is 0 Å². The van der Waals surface area contributed by atoms with Crippen molar-refractivity contribution in [3.8, 4) is 0 Å². The molecule has 1 rings (SSSR count). The first kappa shape index (κ1) is 14.0. The lowest BCUT2D eigenvalue weighted by atomic mass is 9.95. The number of likely N-dealkylation sites (tertiary alicyclic amines) is 1. The summed E-state index contributed by atoms with van der Waals surface area (Å²) in [6, 6.07) is 0.731. The second-order valence-corrected chi connectivity index (χ2v) is 6.93. The summed E-state index contributed by atoms with van der Waals surface area (Å²) in [7, 11) is 2.27. The second kappa shape index (κ2) is 4.66. The zero-order valence-electron chi connectivity index (χ0n) is 12.3. The molecule has 2 nitrogen and oxygen atoms in total. The van der Waals surface area contributed by atoms with E-state index in [0.717, 1.165) is 6.04 Å². The molecule has 1 aliphatic heterocycles. The first-order valence-corrected chi connectivity index (χ1v) is 6.66. The van der Waals surface area contributed by atoms with Crippen molar-refractivity contribution in [1.29, 1.82) is 0 Å². The molecule has 0 aromatic rings. The van der Waals surface area contributed by atoms with Crippen LogP contribution < -0.4 is 0 Å². The van der Waals surface area contributed by atoms with E-state index in [-0.39, 0.29) is 5.54 Å². The fraction of sp³-hybridized carbons (Fsp3) is 1.00. The van der Waals surface area contributed by atoms with Crippen LogP contribution in [0.1, 0.15) is 54.4 Å². The van der Waals surface area contributed by atoms with E-state index in [2.05, 4.69) is 58.4 Å². The fourth-order valence-corrected chi connectivity index (χ4v) is 3.22. The summed E-state index contributed by atoms with van der Waals surface area (Å²) in [5.74, 6) is 0. The van der Waals surface area contributed by atoms with E-state index in [0.29, 0.717) is 5.54 Å². The normalized spacial score (nSPS) is 26.6. The summed E-state index contributed by atoms with van der Waals surface area (Å²) in [4.78, 5) is 5.20. The van der Waals surface area contributed by atoms with Gasteiger partial charge >= 0.3 is 0 Å². The Kier molecular flexibility index (Phi) is 4.07. The highest BCUT2D eigenvalue weighted by Crippen LogP contribution is 2.36. The minimum absolute atomic E-state index is 0.283. The standard InChI is InChI=1S/C14H30N2/c1-8-9-15(7)12-10-14(5,6)16(11-12)13(2,3)4/h12H,8-11H2,1-7H3/t12-/m0/s1. The molecular formula is C14H30N2. The van der Waals surface area contributed by atoms with Crippen molar-refractivity contribution in [1.82, 2.24) is 9.80 Å². The van der Waals surface area contributed by atoms with Crippen LogP contribution >= 0.6 is 0 Å². The van der Waals surface area contributed by atoms with Crippen molar-refractivity contribution in [3.63, 3.8) is 0 Å². The summed E-state index contributed by atoms with van der Waals surface area (Å²) in [5.41, 5.74) is 0.621. The van der Waals surface area contributed by atoms with E-state index in [9.17, 15) is 0 Å². The quantitative estimate of drug-likeness (QED) is 0.730. The topological polar surface area (TPSA) is 6.48 Å². The Hall–Kier alpha value is -0.0800. The molecule has 0 spiro atoms. The molecule has 0 N–H and O–H groups in total. The molecule has 0 aromatic heterocycles. The summed E-state index contributed by atoms with van der Waals surface area (Å²) in [6.07, 6.45) is 2.55. The van der Waals surface area contributed by atoms with Gasteiger partial charge in [0.25, 0.3) is 0 Å². The smallest absolute Gasteiger partial charge is 0.0237 e. The van der Waals surface area contributed by atoms with Crippen molar-refractivity contribution in [2.75, 3.05) is 20.1 Å². The molecule has 1 atom stereocenters. The van der Waals surface area contributed by atoms with Crippen LogP contribution in [0, 0.1) is 0 Å². The van der Waals surface area contributed by atoms with Crippen LogP contribution in [0.2, 0.25) is 0 Å². The lowest BCUT2D eigenvalue weighted by molar-refractivity contribution is 0.0659. The summed E-state index contributed by atoms with van der Waals surface area (Å²) in [5, 5.41) is 0. The van der Waals surface area contributed by atoms with Gasteiger partial charge in [-0.3, -0.25) is 4.90 Å². The van der Waals surface area contributed by atoms with E-state index in [1.165, 1.54) is 25.9 Å². The Morgan fingerprint density at radius 2 is 1.88 bits per heavy atom. The summed E-state index contributed by atoms with van der Waals surface area (Å²) < 4.78 is 0. The predicted molar refractivity (Wildman–Crippen MR) is 71.9 cm³/mol. The van der Waals surface area contributed by atoms with Crippen molar-refractivity contribution in [3.05, 3.63) is 0 Å². The Labute approximate surface area is 102 Å². The van der Waals surface area contributed by atoms with E-state index in [1.807, 2.05) is 0 Å². The van der Waals surface area contributed by atoms with Gasteiger partial charge < -0.3 is 4.90 Å². The fourth-order valence-electron chi connectivity index (χ4n) is 3.22. The number of nitrogens with zero attached hydrogens (tertiary/aromatic N) is 2. The van der Waals surface area contributed by atoms with E-state index in [4.69, 9.17) is 0 Å². The molecule has 2 heteroatoms. The van der Waals surface area contributed by atoms with Gasteiger partial charge in [-0.1, -0.05) is 6.92 Å². The second-order valence-electron chi connectivity index (χ2n) is 6.93. The molecule has 96 valence electrons. The molecule has 1 heterocycles. The van der Waals surface area contributed by atoms with Gasteiger partial charge in [0.15, 0.2) is 0 Å². The van der Waals surface area contributed by atoms with E-state index in [1.54, 1.807) is 0 Å². The maximum Gasteiger partial charge on any atom is 0.0237 e. The molecule has 0 aliphatic carbocycles. The predicted octanol–water partition coefficient (Wildman–Crippen LogP) is 2.98. The molecule has 0 radical (unpaired) electrons. The molecule has 1 saturated heterocycles. The Balaban J connectivity index is 2.72. The number of hydrogen-bond donors (Lipinski definition) is 0. The molecule has 0 saturated carbocycles. The van der Waals surface area contributed by atoms with Crippen LogP contribution in [0.15, 0.2) is 0 Å². The molecule has 1 fully saturated rings. The molecule has 0 bridgehead atoms. The van der Waals surface area contributed by atoms with Gasteiger partial charge in [-0.2, -0.15) is 0 Å². The lowest BCUT2D eigenvalue weighted by Crippen LogP contribution is -2.50. The number of rotatable bonds is 3. The van der Waals surface area contributed by atoms with E-state index < -0.39 is 0 Å². The third-order valence-electron chi connectivity index (χ3n) is 3.87. The van der Waals surface area contributed by atoms with Gasteiger partial charge in [-0.25, -0.2) is 0 Å². The van der Waals surface area contributed by atoms with Crippen LogP contribution in [0.25, 0.3) is 0 Å². The lowest BCUT2D eigenvalue weighted by Gasteiger charge is -2.42. The molecule has 1 aliphatic rings. The SMILES string of the molecule is CCCN(C)[C@@H]1CN(C(C)(C)C)C(C)(C)C1. The Bertz CT molecular complexity index is 227. The van der Waals surface area contributed by atoms with Crippen LogP contribution in [-0.4, -0.2) is 47.1 Å². The van der Waals surface area contributed by atoms with E-state index >= 15 is 0 Å². The zero-order chi connectivity index (χ0) is 12.6. The van der Waals surface area contributed by atoms with Crippen molar-refractivity contribution < 1.29 is 0 Å². The first-order chi connectivity index (χ1) is 7.18. The van der Waals surface area contributed by atoms with Crippen molar-refractivity contribution in [2.45, 2.75) is 71.5 Å². The maximum atomic E-state index is 2.66.